The van der Waals surface area contributed by atoms with Crippen molar-refractivity contribution in [2.75, 3.05) is 6.54 Å². The molecule has 0 saturated heterocycles. The van der Waals surface area contributed by atoms with Crippen LogP contribution in [0.4, 0.5) is 0 Å². The van der Waals surface area contributed by atoms with Crippen molar-refractivity contribution >= 4 is 17.9 Å². The monoisotopic (exact) mass is 274 g/mol. The maximum absolute atomic E-state index is 11.5. The average molecular weight is 274 g/mol. The molecule has 0 radical (unpaired) electrons. The van der Waals surface area contributed by atoms with E-state index in [0.717, 1.165) is 12.0 Å². The van der Waals surface area contributed by atoms with Gasteiger partial charge in [0.15, 0.2) is 0 Å². The Kier molecular flexibility index (Phi) is 7.11. The standard InChI is InChI=1S/C16H22N2O2/c1-3-13(2)18-16(20)11-12-17-15(19)10-9-14-7-5-4-6-8-14/h4-10,13H,3,11-12H2,1-2H3,(H,17,19)(H,18,20). The third-order valence-corrected chi connectivity index (χ3v) is 2.90. The number of hydrogen-bond donors (Lipinski definition) is 2. The molecule has 1 atom stereocenters. The smallest absolute Gasteiger partial charge is 0.244 e. The van der Waals surface area contributed by atoms with Crippen molar-refractivity contribution in [3.8, 4) is 0 Å². The molecule has 0 bridgehead atoms. The van der Waals surface area contributed by atoms with E-state index in [1.54, 1.807) is 6.08 Å². The Morgan fingerprint density at radius 1 is 1.25 bits per heavy atom. The van der Waals surface area contributed by atoms with Crippen molar-refractivity contribution in [2.24, 2.45) is 0 Å². The zero-order valence-corrected chi connectivity index (χ0v) is 12.1. The van der Waals surface area contributed by atoms with Gasteiger partial charge in [0, 0.05) is 25.1 Å². The molecule has 2 N–H and O–H groups in total. The molecule has 0 aromatic heterocycles. The Morgan fingerprint density at radius 3 is 2.60 bits per heavy atom. The Hall–Kier alpha value is -2.10. The lowest BCUT2D eigenvalue weighted by Crippen LogP contribution is -2.34. The van der Waals surface area contributed by atoms with Gasteiger partial charge in [0.25, 0.3) is 0 Å². The molecule has 0 aliphatic heterocycles. The van der Waals surface area contributed by atoms with Crippen LogP contribution in [0, 0.1) is 0 Å². The molecule has 0 spiro atoms. The van der Waals surface area contributed by atoms with Gasteiger partial charge in [0.2, 0.25) is 11.8 Å². The molecule has 108 valence electrons. The van der Waals surface area contributed by atoms with Gasteiger partial charge in [-0.2, -0.15) is 0 Å². The van der Waals surface area contributed by atoms with Crippen molar-refractivity contribution in [2.45, 2.75) is 32.7 Å². The molecule has 4 heteroatoms. The van der Waals surface area contributed by atoms with Gasteiger partial charge < -0.3 is 10.6 Å². The summed E-state index contributed by atoms with van der Waals surface area (Å²) in [6.45, 7) is 4.32. The van der Waals surface area contributed by atoms with Gasteiger partial charge in [-0.25, -0.2) is 0 Å². The highest BCUT2D eigenvalue weighted by atomic mass is 16.2. The predicted molar refractivity (Wildman–Crippen MR) is 81.0 cm³/mol. The number of nitrogens with one attached hydrogen (secondary N) is 2. The van der Waals surface area contributed by atoms with Gasteiger partial charge >= 0.3 is 0 Å². The summed E-state index contributed by atoms with van der Waals surface area (Å²) in [5.41, 5.74) is 0.970. The highest BCUT2D eigenvalue weighted by molar-refractivity contribution is 5.92. The van der Waals surface area contributed by atoms with Crippen molar-refractivity contribution in [1.29, 1.82) is 0 Å². The molecule has 0 saturated carbocycles. The van der Waals surface area contributed by atoms with Crippen LogP contribution >= 0.6 is 0 Å². The number of amides is 2. The second-order valence-corrected chi connectivity index (χ2v) is 4.66. The second kappa shape index (κ2) is 8.91. The molecule has 4 nitrogen and oxygen atoms in total. The van der Waals surface area contributed by atoms with Crippen LogP contribution in [0.5, 0.6) is 0 Å². The van der Waals surface area contributed by atoms with Gasteiger partial charge in [0.05, 0.1) is 0 Å². The largest absolute Gasteiger partial charge is 0.354 e. The van der Waals surface area contributed by atoms with Crippen molar-refractivity contribution in [3.05, 3.63) is 42.0 Å². The Labute approximate surface area is 120 Å². The van der Waals surface area contributed by atoms with E-state index in [-0.39, 0.29) is 17.9 Å². The molecule has 1 rings (SSSR count). The van der Waals surface area contributed by atoms with E-state index in [9.17, 15) is 9.59 Å². The number of rotatable bonds is 7. The van der Waals surface area contributed by atoms with Gasteiger partial charge in [-0.05, 0) is 25.0 Å². The molecule has 0 fully saturated rings. The summed E-state index contributed by atoms with van der Waals surface area (Å²) in [6.07, 6.45) is 4.42. The van der Waals surface area contributed by atoms with Crippen LogP contribution in [0.2, 0.25) is 0 Å². The van der Waals surface area contributed by atoms with E-state index in [4.69, 9.17) is 0 Å². The summed E-state index contributed by atoms with van der Waals surface area (Å²) in [6, 6.07) is 9.77. The van der Waals surface area contributed by atoms with E-state index in [2.05, 4.69) is 10.6 Å². The van der Waals surface area contributed by atoms with Crippen LogP contribution in [-0.2, 0) is 9.59 Å². The molecule has 1 aromatic rings. The Morgan fingerprint density at radius 2 is 1.95 bits per heavy atom. The normalized spacial score (nSPS) is 12.1. The van der Waals surface area contributed by atoms with E-state index in [0.29, 0.717) is 13.0 Å². The molecule has 0 heterocycles. The first-order valence-electron chi connectivity index (χ1n) is 6.92. The lowest BCUT2D eigenvalue weighted by Gasteiger charge is -2.11. The molecular weight excluding hydrogens is 252 g/mol. The minimum absolute atomic E-state index is 0.0355. The van der Waals surface area contributed by atoms with Crippen LogP contribution in [-0.4, -0.2) is 24.4 Å². The first kappa shape index (κ1) is 16.0. The maximum atomic E-state index is 11.5. The zero-order chi connectivity index (χ0) is 14.8. The van der Waals surface area contributed by atoms with Gasteiger partial charge in [-0.1, -0.05) is 37.3 Å². The summed E-state index contributed by atoms with van der Waals surface area (Å²) >= 11 is 0. The third-order valence-electron chi connectivity index (χ3n) is 2.90. The van der Waals surface area contributed by atoms with Crippen LogP contribution in [0.1, 0.15) is 32.3 Å². The Bertz CT molecular complexity index is 455. The lowest BCUT2D eigenvalue weighted by molar-refractivity contribution is -0.121. The van der Waals surface area contributed by atoms with Crippen molar-refractivity contribution in [1.82, 2.24) is 10.6 Å². The topological polar surface area (TPSA) is 58.2 Å². The molecule has 20 heavy (non-hydrogen) atoms. The summed E-state index contributed by atoms with van der Waals surface area (Å²) in [5.74, 6) is -0.225. The Balaban J connectivity index is 2.24. The van der Waals surface area contributed by atoms with Crippen molar-refractivity contribution < 1.29 is 9.59 Å². The quantitative estimate of drug-likeness (QED) is 0.748. The minimum Gasteiger partial charge on any atom is -0.354 e. The summed E-state index contributed by atoms with van der Waals surface area (Å²) in [4.78, 5) is 23.0. The van der Waals surface area contributed by atoms with Gasteiger partial charge in [-0.3, -0.25) is 9.59 Å². The fourth-order valence-electron chi connectivity index (χ4n) is 1.54. The van der Waals surface area contributed by atoms with Crippen LogP contribution < -0.4 is 10.6 Å². The third kappa shape index (κ3) is 6.73. The SMILES string of the molecule is CCC(C)NC(=O)CCNC(=O)C=Cc1ccccc1. The van der Waals surface area contributed by atoms with E-state index < -0.39 is 0 Å². The zero-order valence-electron chi connectivity index (χ0n) is 12.1. The van der Waals surface area contributed by atoms with E-state index >= 15 is 0 Å². The highest BCUT2D eigenvalue weighted by Crippen LogP contribution is 2.00. The summed E-state index contributed by atoms with van der Waals surface area (Å²) in [7, 11) is 0. The van der Waals surface area contributed by atoms with Crippen LogP contribution in [0.25, 0.3) is 6.08 Å². The van der Waals surface area contributed by atoms with Gasteiger partial charge in [0.1, 0.15) is 0 Å². The highest BCUT2D eigenvalue weighted by Gasteiger charge is 2.05. The fraction of sp³-hybridized carbons (Fsp3) is 0.375. The number of hydrogen-bond acceptors (Lipinski definition) is 2. The average Bonchev–Trinajstić information content (AvgIpc) is 2.46. The number of carbonyl (C=O) groups excluding carboxylic acids is 2. The predicted octanol–water partition coefficient (Wildman–Crippen LogP) is 2.12. The van der Waals surface area contributed by atoms with Crippen molar-refractivity contribution in [3.63, 3.8) is 0 Å². The maximum Gasteiger partial charge on any atom is 0.244 e. The second-order valence-electron chi connectivity index (χ2n) is 4.66. The number of benzene rings is 1. The van der Waals surface area contributed by atoms with Gasteiger partial charge in [-0.15, -0.1) is 0 Å². The molecular formula is C16H22N2O2. The molecule has 1 unspecified atom stereocenters. The summed E-state index contributed by atoms with van der Waals surface area (Å²) < 4.78 is 0. The molecule has 0 aliphatic carbocycles. The fourth-order valence-corrected chi connectivity index (χ4v) is 1.54. The van der Waals surface area contributed by atoms with Crippen LogP contribution in [0.3, 0.4) is 0 Å². The van der Waals surface area contributed by atoms with E-state index in [1.807, 2.05) is 44.2 Å². The minimum atomic E-state index is -0.190. The number of carbonyl (C=O) groups is 2. The van der Waals surface area contributed by atoms with E-state index in [1.165, 1.54) is 6.08 Å². The molecule has 1 aromatic carbocycles. The van der Waals surface area contributed by atoms with Crippen LogP contribution in [0.15, 0.2) is 36.4 Å². The lowest BCUT2D eigenvalue weighted by atomic mass is 10.2. The summed E-state index contributed by atoms with van der Waals surface area (Å²) in [5, 5.41) is 5.54. The first-order chi connectivity index (χ1) is 9.61. The molecule has 0 aliphatic rings. The molecule has 2 amide bonds. The first-order valence-corrected chi connectivity index (χ1v) is 6.92.